The number of nitrogens with zero attached hydrogens (tertiary/aromatic N) is 3. The average Bonchev–Trinajstić information content (AvgIpc) is 2.66. The standard InChI is InChI=1S/C14H24ClN3O2/c1-13(2)10-14(19,5-8-20-13)12-11(15)9-16-18(12)7-6-17(3)4/h9,19H,5-8,10H2,1-4H3. The van der Waals surface area contributed by atoms with Crippen molar-refractivity contribution < 1.29 is 9.84 Å². The number of aromatic nitrogens is 2. The maximum atomic E-state index is 11.1. The molecule has 1 aliphatic heterocycles. The molecule has 1 fully saturated rings. The second-order valence-electron chi connectivity index (χ2n) is 6.43. The molecule has 1 aliphatic rings. The summed E-state index contributed by atoms with van der Waals surface area (Å²) in [6.45, 7) is 6.06. The number of hydrogen-bond acceptors (Lipinski definition) is 4. The van der Waals surface area contributed by atoms with E-state index in [4.69, 9.17) is 16.3 Å². The third kappa shape index (κ3) is 3.34. The Morgan fingerprint density at radius 2 is 2.20 bits per heavy atom. The molecule has 0 spiro atoms. The van der Waals surface area contributed by atoms with Crippen LogP contribution < -0.4 is 0 Å². The van der Waals surface area contributed by atoms with Crippen molar-refractivity contribution in [2.75, 3.05) is 27.2 Å². The second kappa shape index (κ2) is 5.64. The van der Waals surface area contributed by atoms with Crippen LogP contribution in [0.25, 0.3) is 0 Å². The van der Waals surface area contributed by atoms with E-state index in [-0.39, 0.29) is 5.60 Å². The van der Waals surface area contributed by atoms with Crippen LogP contribution in [0.1, 0.15) is 32.4 Å². The van der Waals surface area contributed by atoms with Gasteiger partial charge in [0.1, 0.15) is 5.60 Å². The number of likely N-dealkylation sites (N-methyl/N-ethyl adjacent to an activating group) is 1. The van der Waals surface area contributed by atoms with Crippen LogP contribution in [0.4, 0.5) is 0 Å². The first kappa shape index (κ1) is 15.8. The zero-order valence-corrected chi connectivity index (χ0v) is 13.4. The highest BCUT2D eigenvalue weighted by atomic mass is 35.5. The molecular weight excluding hydrogens is 278 g/mol. The van der Waals surface area contributed by atoms with Crippen molar-refractivity contribution in [3.05, 3.63) is 16.9 Å². The minimum Gasteiger partial charge on any atom is -0.383 e. The Kier molecular flexibility index (Phi) is 4.44. The van der Waals surface area contributed by atoms with Crippen LogP contribution in [0.2, 0.25) is 5.02 Å². The molecule has 1 N–H and O–H groups in total. The number of rotatable bonds is 4. The fraction of sp³-hybridized carbons (Fsp3) is 0.786. The lowest BCUT2D eigenvalue weighted by Gasteiger charge is -2.41. The molecule has 2 rings (SSSR count). The molecule has 0 amide bonds. The highest BCUT2D eigenvalue weighted by Crippen LogP contribution is 2.41. The van der Waals surface area contributed by atoms with E-state index in [0.717, 1.165) is 12.2 Å². The summed E-state index contributed by atoms with van der Waals surface area (Å²) < 4.78 is 7.52. The lowest BCUT2D eigenvalue weighted by molar-refractivity contribution is -0.151. The van der Waals surface area contributed by atoms with Gasteiger partial charge in [0.05, 0.1) is 35.7 Å². The van der Waals surface area contributed by atoms with Gasteiger partial charge in [-0.05, 0) is 27.9 Å². The molecule has 20 heavy (non-hydrogen) atoms. The highest BCUT2D eigenvalue weighted by molar-refractivity contribution is 6.31. The molecule has 1 atom stereocenters. The summed E-state index contributed by atoms with van der Waals surface area (Å²) in [4.78, 5) is 2.08. The molecule has 1 aromatic heterocycles. The molecule has 5 nitrogen and oxygen atoms in total. The summed E-state index contributed by atoms with van der Waals surface area (Å²) >= 11 is 6.28. The molecule has 1 aromatic rings. The van der Waals surface area contributed by atoms with Gasteiger partial charge < -0.3 is 14.7 Å². The molecular formula is C14H24ClN3O2. The maximum absolute atomic E-state index is 11.1. The van der Waals surface area contributed by atoms with Crippen LogP contribution in [0.5, 0.6) is 0 Å². The van der Waals surface area contributed by atoms with E-state index < -0.39 is 5.60 Å². The van der Waals surface area contributed by atoms with E-state index in [9.17, 15) is 5.11 Å². The van der Waals surface area contributed by atoms with Gasteiger partial charge in [0.25, 0.3) is 0 Å². The van der Waals surface area contributed by atoms with Crippen LogP contribution in [0, 0.1) is 0 Å². The van der Waals surface area contributed by atoms with Crippen molar-refractivity contribution in [3.8, 4) is 0 Å². The van der Waals surface area contributed by atoms with Crippen molar-refractivity contribution >= 4 is 11.6 Å². The molecule has 0 aromatic carbocycles. The quantitative estimate of drug-likeness (QED) is 0.922. The molecule has 1 saturated heterocycles. The van der Waals surface area contributed by atoms with Crippen LogP contribution in [0.15, 0.2) is 6.20 Å². The lowest BCUT2D eigenvalue weighted by atomic mass is 9.82. The van der Waals surface area contributed by atoms with E-state index in [1.807, 2.05) is 32.6 Å². The van der Waals surface area contributed by atoms with Gasteiger partial charge in [-0.15, -0.1) is 0 Å². The predicted octanol–water partition coefficient (Wildman–Crippen LogP) is 1.87. The third-order valence-corrected chi connectivity index (χ3v) is 4.00. The number of ether oxygens (including phenoxy) is 1. The smallest absolute Gasteiger partial charge is 0.113 e. The van der Waals surface area contributed by atoms with Crippen molar-refractivity contribution in [2.24, 2.45) is 0 Å². The van der Waals surface area contributed by atoms with E-state index in [1.165, 1.54) is 0 Å². The Balaban J connectivity index is 2.28. The van der Waals surface area contributed by atoms with Crippen LogP contribution >= 0.6 is 11.6 Å². The topological polar surface area (TPSA) is 50.5 Å². The minimum absolute atomic E-state index is 0.354. The van der Waals surface area contributed by atoms with Crippen molar-refractivity contribution in [3.63, 3.8) is 0 Å². The number of hydrogen-bond donors (Lipinski definition) is 1. The molecule has 0 radical (unpaired) electrons. The van der Waals surface area contributed by atoms with Crippen molar-refractivity contribution in [2.45, 2.75) is 44.4 Å². The Hall–Kier alpha value is -0.620. The predicted molar refractivity (Wildman–Crippen MR) is 79.0 cm³/mol. The van der Waals surface area contributed by atoms with Gasteiger partial charge in [0.2, 0.25) is 0 Å². The maximum Gasteiger partial charge on any atom is 0.113 e. The number of aliphatic hydroxyl groups is 1. The zero-order valence-electron chi connectivity index (χ0n) is 12.7. The lowest BCUT2D eigenvalue weighted by Crippen LogP contribution is -2.45. The molecule has 0 bridgehead atoms. The summed E-state index contributed by atoms with van der Waals surface area (Å²) in [5.74, 6) is 0. The zero-order chi connectivity index (χ0) is 15.0. The van der Waals surface area contributed by atoms with Crippen LogP contribution in [0.3, 0.4) is 0 Å². The van der Waals surface area contributed by atoms with Crippen LogP contribution in [-0.2, 0) is 16.9 Å². The molecule has 0 saturated carbocycles. The van der Waals surface area contributed by atoms with Gasteiger partial charge in [0.15, 0.2) is 0 Å². The van der Waals surface area contributed by atoms with Crippen molar-refractivity contribution in [1.29, 1.82) is 0 Å². The average molecular weight is 302 g/mol. The van der Waals surface area contributed by atoms with Gasteiger partial charge in [-0.1, -0.05) is 11.6 Å². The fourth-order valence-corrected chi connectivity index (χ4v) is 3.15. The summed E-state index contributed by atoms with van der Waals surface area (Å²) in [6, 6.07) is 0. The van der Waals surface area contributed by atoms with Crippen LogP contribution in [-0.4, -0.2) is 52.6 Å². The Morgan fingerprint density at radius 1 is 1.50 bits per heavy atom. The first-order chi connectivity index (χ1) is 9.23. The first-order valence-electron chi connectivity index (χ1n) is 6.96. The first-order valence-corrected chi connectivity index (χ1v) is 7.34. The Bertz CT molecular complexity index is 473. The minimum atomic E-state index is -0.971. The summed E-state index contributed by atoms with van der Waals surface area (Å²) in [5, 5.41) is 15.9. The van der Waals surface area contributed by atoms with E-state index in [2.05, 4.69) is 10.00 Å². The molecule has 1 unspecified atom stereocenters. The van der Waals surface area contributed by atoms with E-state index in [1.54, 1.807) is 6.20 Å². The second-order valence-corrected chi connectivity index (χ2v) is 6.84. The van der Waals surface area contributed by atoms with Crippen molar-refractivity contribution in [1.82, 2.24) is 14.7 Å². The summed E-state index contributed by atoms with van der Waals surface area (Å²) in [7, 11) is 4.02. The highest BCUT2D eigenvalue weighted by Gasteiger charge is 2.44. The molecule has 2 heterocycles. The summed E-state index contributed by atoms with van der Waals surface area (Å²) in [5.41, 5.74) is -0.605. The van der Waals surface area contributed by atoms with Gasteiger partial charge in [0, 0.05) is 19.4 Å². The molecule has 114 valence electrons. The summed E-state index contributed by atoms with van der Waals surface area (Å²) in [6.07, 6.45) is 2.68. The third-order valence-electron chi connectivity index (χ3n) is 3.72. The molecule has 6 heteroatoms. The van der Waals surface area contributed by atoms with E-state index in [0.29, 0.717) is 31.0 Å². The number of halogens is 1. The van der Waals surface area contributed by atoms with Gasteiger partial charge in [-0.2, -0.15) is 5.10 Å². The Morgan fingerprint density at radius 3 is 2.80 bits per heavy atom. The van der Waals surface area contributed by atoms with Gasteiger partial charge in [-0.3, -0.25) is 4.68 Å². The van der Waals surface area contributed by atoms with E-state index >= 15 is 0 Å². The Labute approximate surface area is 125 Å². The van der Waals surface area contributed by atoms with Gasteiger partial charge >= 0.3 is 0 Å². The largest absolute Gasteiger partial charge is 0.383 e. The van der Waals surface area contributed by atoms with Gasteiger partial charge in [-0.25, -0.2) is 0 Å². The normalized spacial score (nSPS) is 26.1. The SMILES string of the molecule is CN(C)CCn1ncc(Cl)c1C1(O)CCOC(C)(C)C1. The monoisotopic (exact) mass is 301 g/mol. The fourth-order valence-electron chi connectivity index (χ4n) is 2.83. The molecule has 0 aliphatic carbocycles.